The zero-order valence-electron chi connectivity index (χ0n) is 19.6. The van der Waals surface area contributed by atoms with E-state index < -0.39 is 5.79 Å². The normalized spacial score (nSPS) is 17.2. The maximum atomic E-state index is 12.7. The predicted octanol–water partition coefficient (Wildman–Crippen LogP) is 4.75. The van der Waals surface area contributed by atoms with Crippen molar-refractivity contribution in [3.63, 3.8) is 0 Å². The first-order valence-corrected chi connectivity index (χ1v) is 13.4. The minimum absolute atomic E-state index is 0.194. The maximum absolute atomic E-state index is 12.7. The minimum Gasteiger partial charge on any atom is -0.347 e. The van der Waals surface area contributed by atoms with E-state index in [2.05, 4.69) is 26.9 Å². The summed E-state index contributed by atoms with van der Waals surface area (Å²) >= 11 is 7.90. The third-order valence-corrected chi connectivity index (χ3v) is 7.68. The first-order valence-electron chi connectivity index (χ1n) is 12.0. The molecule has 9 heteroatoms. The van der Waals surface area contributed by atoms with Gasteiger partial charge in [-0.25, -0.2) is 0 Å². The number of aromatic nitrogens is 3. The number of halogens is 1. The van der Waals surface area contributed by atoms with Crippen molar-refractivity contribution in [1.29, 1.82) is 0 Å². The molecule has 35 heavy (non-hydrogen) atoms. The summed E-state index contributed by atoms with van der Waals surface area (Å²) in [5.41, 5.74) is 2.10. The van der Waals surface area contributed by atoms with Crippen LogP contribution >= 0.6 is 23.4 Å². The highest BCUT2D eigenvalue weighted by molar-refractivity contribution is 7.99. The Balaban J connectivity index is 1.19. The SMILES string of the molecule is O=C(CCCSc1nnc(Cc2ccccc2)n1-c1cccc(Cl)c1)N1CCC2(CC1)OCCO2. The Morgan fingerprint density at radius 2 is 1.80 bits per heavy atom. The second-order valence-electron chi connectivity index (χ2n) is 8.82. The van der Waals surface area contributed by atoms with E-state index in [9.17, 15) is 4.79 Å². The van der Waals surface area contributed by atoms with Crippen LogP contribution in [0.15, 0.2) is 59.8 Å². The Labute approximate surface area is 214 Å². The monoisotopic (exact) mass is 512 g/mol. The molecule has 1 spiro atoms. The smallest absolute Gasteiger partial charge is 0.222 e. The van der Waals surface area contributed by atoms with Crippen LogP contribution in [0.1, 0.15) is 37.1 Å². The zero-order valence-corrected chi connectivity index (χ0v) is 21.1. The lowest BCUT2D eigenvalue weighted by molar-refractivity contribution is -0.187. The van der Waals surface area contributed by atoms with Crippen molar-refractivity contribution in [3.05, 3.63) is 71.0 Å². The van der Waals surface area contributed by atoms with Gasteiger partial charge in [-0.3, -0.25) is 9.36 Å². The van der Waals surface area contributed by atoms with Crippen LogP contribution in [0.2, 0.25) is 5.02 Å². The topological polar surface area (TPSA) is 69.5 Å². The molecule has 184 valence electrons. The van der Waals surface area contributed by atoms with Crippen molar-refractivity contribution in [3.8, 4) is 5.69 Å². The fraction of sp³-hybridized carbons (Fsp3) is 0.423. The van der Waals surface area contributed by atoms with Crippen LogP contribution in [-0.2, 0) is 20.7 Å². The highest BCUT2D eigenvalue weighted by atomic mass is 35.5. The van der Waals surface area contributed by atoms with Crippen LogP contribution in [0.25, 0.3) is 5.69 Å². The lowest BCUT2D eigenvalue weighted by Crippen LogP contribution is -2.47. The molecule has 2 saturated heterocycles. The number of amides is 1. The third-order valence-electron chi connectivity index (χ3n) is 6.43. The van der Waals surface area contributed by atoms with Crippen LogP contribution < -0.4 is 0 Å². The van der Waals surface area contributed by atoms with Gasteiger partial charge in [0, 0.05) is 49.5 Å². The Hall–Kier alpha value is -2.39. The van der Waals surface area contributed by atoms with Crippen molar-refractivity contribution < 1.29 is 14.3 Å². The second-order valence-corrected chi connectivity index (χ2v) is 10.3. The Bertz CT molecular complexity index is 1140. The van der Waals surface area contributed by atoms with Gasteiger partial charge in [0.05, 0.1) is 18.9 Å². The standard InChI is InChI=1S/C26H29ClN4O3S/c27-21-8-4-9-22(19-21)31-23(18-20-6-2-1-3-7-20)28-29-25(31)35-17-5-10-24(32)30-13-11-26(12-14-30)33-15-16-34-26/h1-4,6-9,19H,5,10-18H2. The van der Waals surface area contributed by atoms with E-state index in [4.69, 9.17) is 21.1 Å². The Morgan fingerprint density at radius 3 is 2.54 bits per heavy atom. The van der Waals surface area contributed by atoms with Crippen molar-refractivity contribution in [2.24, 2.45) is 0 Å². The summed E-state index contributed by atoms with van der Waals surface area (Å²) in [5.74, 6) is 1.38. The molecule has 3 heterocycles. The summed E-state index contributed by atoms with van der Waals surface area (Å²) in [6.45, 7) is 2.69. The lowest BCUT2D eigenvalue weighted by atomic mass is 10.0. The first kappa shape index (κ1) is 24.3. The number of benzene rings is 2. The summed E-state index contributed by atoms with van der Waals surface area (Å²) in [5, 5.41) is 10.4. The maximum Gasteiger partial charge on any atom is 0.222 e. The first-order chi connectivity index (χ1) is 17.1. The average Bonchev–Trinajstić information content (AvgIpc) is 3.50. The van der Waals surface area contributed by atoms with Crippen molar-refractivity contribution in [1.82, 2.24) is 19.7 Å². The number of ether oxygens (including phenoxy) is 2. The van der Waals surface area contributed by atoms with Gasteiger partial charge in [-0.2, -0.15) is 0 Å². The molecule has 0 bridgehead atoms. The third kappa shape index (κ3) is 5.89. The number of piperidine rings is 1. The molecule has 5 rings (SSSR count). The van der Waals surface area contributed by atoms with Gasteiger partial charge in [0.2, 0.25) is 5.91 Å². The fourth-order valence-electron chi connectivity index (χ4n) is 4.59. The van der Waals surface area contributed by atoms with Crippen LogP contribution in [0.5, 0.6) is 0 Å². The molecule has 2 aliphatic heterocycles. The van der Waals surface area contributed by atoms with Crippen LogP contribution in [0, 0.1) is 0 Å². The number of carbonyl (C=O) groups excluding carboxylic acids is 1. The van der Waals surface area contributed by atoms with Gasteiger partial charge in [-0.05, 0) is 30.2 Å². The number of hydrogen-bond acceptors (Lipinski definition) is 6. The largest absolute Gasteiger partial charge is 0.347 e. The van der Waals surface area contributed by atoms with Gasteiger partial charge < -0.3 is 14.4 Å². The quantitative estimate of drug-likeness (QED) is 0.320. The fourth-order valence-corrected chi connectivity index (χ4v) is 5.68. The molecular weight excluding hydrogens is 484 g/mol. The number of thioether (sulfide) groups is 1. The van der Waals surface area contributed by atoms with E-state index in [1.807, 2.05) is 47.4 Å². The van der Waals surface area contributed by atoms with Crippen LogP contribution in [0.4, 0.5) is 0 Å². The summed E-state index contributed by atoms with van der Waals surface area (Å²) in [4.78, 5) is 14.7. The number of rotatable bonds is 8. The summed E-state index contributed by atoms with van der Waals surface area (Å²) in [6.07, 6.45) is 3.46. The number of likely N-dealkylation sites (tertiary alicyclic amines) is 1. The van der Waals surface area contributed by atoms with E-state index in [0.29, 0.717) is 44.2 Å². The van der Waals surface area contributed by atoms with Gasteiger partial charge in [-0.1, -0.05) is 59.8 Å². The van der Waals surface area contributed by atoms with Crippen molar-refractivity contribution >= 4 is 29.3 Å². The highest BCUT2D eigenvalue weighted by Gasteiger charge is 2.40. The van der Waals surface area contributed by atoms with Gasteiger partial charge in [-0.15, -0.1) is 10.2 Å². The number of hydrogen-bond donors (Lipinski definition) is 0. The minimum atomic E-state index is -0.450. The molecule has 7 nitrogen and oxygen atoms in total. The molecule has 0 unspecified atom stereocenters. The van der Waals surface area contributed by atoms with Crippen LogP contribution in [0.3, 0.4) is 0 Å². The summed E-state index contributed by atoms with van der Waals surface area (Å²) in [7, 11) is 0. The van der Waals surface area contributed by atoms with Crippen molar-refractivity contribution in [2.75, 3.05) is 32.1 Å². The molecule has 0 saturated carbocycles. The molecule has 2 aromatic carbocycles. The number of carbonyl (C=O) groups is 1. The molecule has 0 N–H and O–H groups in total. The van der Waals surface area contributed by atoms with Crippen LogP contribution in [-0.4, -0.2) is 63.4 Å². The molecule has 1 amide bonds. The summed E-state index contributed by atoms with van der Waals surface area (Å²) < 4.78 is 13.6. The average molecular weight is 513 g/mol. The van der Waals surface area contributed by atoms with E-state index in [1.165, 1.54) is 5.56 Å². The van der Waals surface area contributed by atoms with E-state index in [0.717, 1.165) is 41.7 Å². The van der Waals surface area contributed by atoms with E-state index >= 15 is 0 Å². The molecule has 1 aromatic heterocycles. The molecule has 0 aliphatic carbocycles. The second kappa shape index (κ2) is 11.1. The summed E-state index contributed by atoms with van der Waals surface area (Å²) in [6, 6.07) is 18.0. The van der Waals surface area contributed by atoms with Gasteiger partial charge >= 0.3 is 0 Å². The predicted molar refractivity (Wildman–Crippen MR) is 136 cm³/mol. The highest BCUT2D eigenvalue weighted by Crippen LogP contribution is 2.32. The number of nitrogens with zero attached hydrogens (tertiary/aromatic N) is 4. The Kier molecular flexibility index (Phi) is 7.72. The molecule has 2 aliphatic rings. The molecule has 0 atom stereocenters. The Morgan fingerprint density at radius 1 is 1.03 bits per heavy atom. The molecule has 2 fully saturated rings. The molecular formula is C26H29ClN4O3S. The van der Waals surface area contributed by atoms with E-state index in [-0.39, 0.29) is 5.91 Å². The lowest BCUT2D eigenvalue weighted by Gasteiger charge is -2.37. The zero-order chi connectivity index (χ0) is 24.1. The van der Waals surface area contributed by atoms with Gasteiger partial charge in [0.15, 0.2) is 10.9 Å². The van der Waals surface area contributed by atoms with E-state index in [1.54, 1.807) is 11.8 Å². The van der Waals surface area contributed by atoms with Crippen molar-refractivity contribution in [2.45, 2.75) is 43.0 Å². The molecule has 3 aromatic rings. The van der Waals surface area contributed by atoms with Gasteiger partial charge in [0.25, 0.3) is 0 Å². The van der Waals surface area contributed by atoms with Gasteiger partial charge in [0.1, 0.15) is 5.82 Å². The molecule has 0 radical (unpaired) electrons.